The first-order valence-electron chi connectivity index (χ1n) is 2.81. The Morgan fingerprint density at radius 2 is 1.40 bits per heavy atom. The van der Waals surface area contributed by atoms with Crippen LogP contribution in [-0.4, -0.2) is 47.3 Å². The van der Waals surface area contributed by atoms with Gasteiger partial charge in [0.1, 0.15) is 13.1 Å². The van der Waals surface area contributed by atoms with Crippen molar-refractivity contribution in [2.45, 2.75) is 13.8 Å². The molecule has 0 aliphatic rings. The van der Waals surface area contributed by atoms with Crippen LogP contribution < -0.4 is 0 Å². The molecule has 54 valence electrons. The van der Waals surface area contributed by atoms with E-state index in [0.717, 1.165) is 0 Å². The monoisotopic (exact) mass is 156 g/mol. The van der Waals surface area contributed by atoms with Crippen LogP contribution in [0.3, 0.4) is 0 Å². The Bertz CT molecular complexity index is 105. The van der Waals surface area contributed by atoms with Gasteiger partial charge in [-0.2, -0.15) is 0 Å². The minimum absolute atomic E-state index is 0. The van der Waals surface area contributed by atoms with Crippen LogP contribution in [0.15, 0.2) is 10.6 Å². The van der Waals surface area contributed by atoms with E-state index < -0.39 is 4.70 Å². The molecule has 0 aliphatic heterocycles. The third kappa shape index (κ3) is 2.83. The molecule has 0 saturated heterocycles. The van der Waals surface area contributed by atoms with E-state index in [1.807, 2.05) is 0 Å². The molecular formula is C4H11N3NaO2+. The van der Waals surface area contributed by atoms with E-state index in [4.69, 9.17) is 0 Å². The summed E-state index contributed by atoms with van der Waals surface area (Å²) in [4.78, 5) is 19.9. The fourth-order valence-corrected chi connectivity index (χ4v) is 0.469. The number of rotatable bonds is 4. The first-order valence-corrected chi connectivity index (χ1v) is 2.81. The van der Waals surface area contributed by atoms with Crippen molar-refractivity contribution in [2.24, 2.45) is 10.6 Å². The van der Waals surface area contributed by atoms with Crippen LogP contribution >= 0.6 is 0 Å². The Labute approximate surface area is 81.5 Å². The summed E-state index contributed by atoms with van der Waals surface area (Å²) in [5, 5.41) is 5.17. The van der Waals surface area contributed by atoms with E-state index in [-0.39, 0.29) is 29.6 Å². The van der Waals surface area contributed by atoms with Crippen LogP contribution in [0.2, 0.25) is 0 Å². The van der Waals surface area contributed by atoms with Crippen molar-refractivity contribution in [1.82, 2.24) is 0 Å². The topological polar surface area (TPSA) is 58.9 Å². The average molecular weight is 156 g/mol. The molecule has 0 aromatic rings. The zero-order chi connectivity index (χ0) is 7.33. The van der Waals surface area contributed by atoms with Gasteiger partial charge in [-0.3, -0.25) is 0 Å². The summed E-state index contributed by atoms with van der Waals surface area (Å²) in [6, 6.07) is 0. The van der Waals surface area contributed by atoms with Gasteiger partial charge in [-0.05, 0) is 18.5 Å². The van der Waals surface area contributed by atoms with E-state index in [1.165, 1.54) is 0 Å². The van der Waals surface area contributed by atoms with E-state index >= 15 is 0 Å². The summed E-state index contributed by atoms with van der Waals surface area (Å²) >= 11 is 0. The number of hydrogen-bond acceptors (Lipinski definition) is 4. The van der Waals surface area contributed by atoms with E-state index in [1.54, 1.807) is 13.8 Å². The maximum atomic E-state index is 9.95. The minimum atomic E-state index is -0.583. The normalized spacial score (nSPS) is 9.80. The van der Waals surface area contributed by atoms with Crippen molar-refractivity contribution in [1.29, 1.82) is 0 Å². The maximum absolute atomic E-state index is 9.95. The Hall–Kier alpha value is 0.160. The van der Waals surface area contributed by atoms with Crippen molar-refractivity contribution in [3.63, 3.8) is 0 Å². The summed E-state index contributed by atoms with van der Waals surface area (Å²) in [6.07, 6.45) is 0. The molecule has 0 radical (unpaired) electrons. The van der Waals surface area contributed by atoms with E-state index in [9.17, 15) is 9.81 Å². The number of quaternary nitrogens is 1. The molecule has 0 bridgehead atoms. The number of hydrogen-bond donors (Lipinski definition) is 0. The third-order valence-electron chi connectivity index (χ3n) is 1.32. The van der Waals surface area contributed by atoms with Gasteiger partial charge in [-0.1, -0.05) is 9.81 Å². The predicted molar refractivity (Wildman–Crippen MR) is 40.1 cm³/mol. The Balaban J connectivity index is 0. The summed E-state index contributed by atoms with van der Waals surface area (Å²) in [5.74, 6) is 0. The molecule has 0 amide bonds. The van der Waals surface area contributed by atoms with Gasteiger partial charge < -0.3 is 0 Å². The Morgan fingerprint density at radius 1 is 1.10 bits per heavy atom. The Kier molecular flexibility index (Phi) is 7.56. The second kappa shape index (κ2) is 5.91. The van der Waals surface area contributed by atoms with Crippen molar-refractivity contribution < 1.29 is 4.70 Å². The van der Waals surface area contributed by atoms with Gasteiger partial charge in [-0.15, -0.1) is 0 Å². The molecule has 5 nitrogen and oxygen atoms in total. The van der Waals surface area contributed by atoms with Crippen molar-refractivity contribution in [3.05, 3.63) is 9.81 Å². The van der Waals surface area contributed by atoms with Gasteiger partial charge in [0.2, 0.25) is 0 Å². The SMILES string of the molecule is CC[N+](CC)(N=O)N=O.[NaH]. The zero-order valence-electron chi connectivity index (χ0n) is 5.57. The molecule has 0 aliphatic carbocycles. The van der Waals surface area contributed by atoms with Crippen LogP contribution in [0.5, 0.6) is 0 Å². The molecule has 0 unspecified atom stereocenters. The van der Waals surface area contributed by atoms with Gasteiger partial charge in [0.25, 0.3) is 0 Å². The number of nitroso groups, excluding NO2 is 2. The first-order chi connectivity index (χ1) is 4.24. The molecule has 0 heterocycles. The molecule has 0 aromatic heterocycles. The van der Waals surface area contributed by atoms with Gasteiger partial charge in [0.15, 0.2) is 10.6 Å². The molecule has 0 spiro atoms. The Morgan fingerprint density at radius 3 is 1.40 bits per heavy atom. The standard InChI is InChI=1S/C4H10N3O2.Na.H/c1-3-7(4-2,5-8)6-9;;/h3-4H2,1-2H3;;/q+1;;. The van der Waals surface area contributed by atoms with Crippen LogP contribution in [0.1, 0.15) is 13.8 Å². The molecule has 0 N–H and O–H groups in total. The number of nitrogens with zero attached hydrogens (tertiary/aromatic N) is 3. The second-order valence-corrected chi connectivity index (χ2v) is 1.67. The van der Waals surface area contributed by atoms with Crippen molar-refractivity contribution in [2.75, 3.05) is 13.1 Å². The van der Waals surface area contributed by atoms with Crippen LogP contribution in [0.4, 0.5) is 0 Å². The predicted octanol–water partition coefficient (Wildman–Crippen LogP) is 0.557. The molecule has 0 rings (SSSR count). The van der Waals surface area contributed by atoms with E-state index in [0.29, 0.717) is 13.1 Å². The fraction of sp³-hybridized carbons (Fsp3) is 1.00. The molecule has 0 saturated carbocycles. The fourth-order valence-electron chi connectivity index (χ4n) is 0.469. The molecule has 0 fully saturated rings. The molecule has 10 heavy (non-hydrogen) atoms. The summed E-state index contributed by atoms with van der Waals surface area (Å²) in [5.41, 5.74) is 0. The molecule has 6 heteroatoms. The molecule has 0 aromatic carbocycles. The first kappa shape index (κ1) is 12.8. The van der Waals surface area contributed by atoms with Crippen molar-refractivity contribution in [3.8, 4) is 0 Å². The van der Waals surface area contributed by atoms with Gasteiger partial charge in [-0.25, -0.2) is 0 Å². The van der Waals surface area contributed by atoms with Crippen LogP contribution in [0, 0.1) is 9.81 Å². The summed E-state index contributed by atoms with van der Waals surface area (Å²) in [7, 11) is 0. The van der Waals surface area contributed by atoms with Crippen LogP contribution in [0.25, 0.3) is 0 Å². The average Bonchev–Trinajstić information content (AvgIpc) is 1.95. The molecular weight excluding hydrogens is 145 g/mol. The van der Waals surface area contributed by atoms with Crippen LogP contribution in [-0.2, 0) is 0 Å². The van der Waals surface area contributed by atoms with Gasteiger partial charge >= 0.3 is 29.6 Å². The zero-order valence-corrected chi connectivity index (χ0v) is 5.57. The van der Waals surface area contributed by atoms with E-state index in [2.05, 4.69) is 10.6 Å². The van der Waals surface area contributed by atoms with Crippen molar-refractivity contribution >= 4 is 29.6 Å². The van der Waals surface area contributed by atoms with Gasteiger partial charge in [0.05, 0.1) is 0 Å². The summed E-state index contributed by atoms with van der Waals surface area (Å²) in [6.45, 7) is 4.02. The third-order valence-corrected chi connectivity index (χ3v) is 1.32. The molecule has 0 atom stereocenters. The quantitative estimate of drug-likeness (QED) is 0.258. The second-order valence-electron chi connectivity index (χ2n) is 1.67. The van der Waals surface area contributed by atoms with Gasteiger partial charge in [0, 0.05) is 0 Å². The summed E-state index contributed by atoms with van der Waals surface area (Å²) < 4.78 is -0.583.